The van der Waals surface area contributed by atoms with Gasteiger partial charge in [0.2, 0.25) is 0 Å². The molecule has 1 unspecified atom stereocenters. The normalized spacial score (nSPS) is 12.7. The number of nitrogens with zero attached hydrogens (tertiary/aromatic N) is 3. The molecule has 0 radical (unpaired) electrons. The number of aliphatic hydroxyl groups is 1. The highest BCUT2D eigenvalue weighted by Gasteiger charge is 2.22. The second kappa shape index (κ2) is 6.73. The molecule has 0 saturated carbocycles. The maximum Gasteiger partial charge on any atom is 0.316 e. The van der Waals surface area contributed by atoms with Crippen molar-refractivity contribution in [2.45, 2.75) is 19.7 Å². The van der Waals surface area contributed by atoms with Crippen molar-refractivity contribution in [2.24, 2.45) is 0 Å². The van der Waals surface area contributed by atoms with E-state index in [1.807, 2.05) is 30.3 Å². The van der Waals surface area contributed by atoms with E-state index < -0.39 is 6.23 Å². The van der Waals surface area contributed by atoms with Gasteiger partial charge in [0.15, 0.2) is 5.52 Å². The third kappa shape index (κ3) is 3.19. The van der Waals surface area contributed by atoms with Crippen molar-refractivity contribution in [2.75, 3.05) is 7.05 Å². The fourth-order valence-electron chi connectivity index (χ4n) is 2.54. The van der Waals surface area contributed by atoms with Crippen molar-refractivity contribution in [3.05, 3.63) is 64.6 Å². The third-order valence-corrected chi connectivity index (χ3v) is 4.21. The van der Waals surface area contributed by atoms with Crippen molar-refractivity contribution in [1.29, 1.82) is 0 Å². The summed E-state index contributed by atoms with van der Waals surface area (Å²) in [4.78, 5) is 6.11. The van der Waals surface area contributed by atoms with Gasteiger partial charge in [-0.1, -0.05) is 41.9 Å². The standard InChI is InChI=1S/C18H18ClN3O2/c1-12(23)21(2)11-17-20-16-9-8-14(19)10-15(16)18(22(17)24)13-6-4-3-5-7-13/h3-10,12,23H,11H2,1-2H3. The van der Waals surface area contributed by atoms with Gasteiger partial charge in [-0.15, -0.1) is 0 Å². The minimum atomic E-state index is -0.673. The van der Waals surface area contributed by atoms with E-state index in [0.717, 1.165) is 10.3 Å². The van der Waals surface area contributed by atoms with Gasteiger partial charge in [-0.2, -0.15) is 0 Å². The van der Waals surface area contributed by atoms with E-state index in [0.29, 0.717) is 27.4 Å². The van der Waals surface area contributed by atoms with Crippen LogP contribution in [0.15, 0.2) is 48.5 Å². The summed E-state index contributed by atoms with van der Waals surface area (Å²) in [5, 5.41) is 23.9. The molecule has 2 aromatic carbocycles. The van der Waals surface area contributed by atoms with Crippen LogP contribution in [0.4, 0.5) is 0 Å². The summed E-state index contributed by atoms with van der Waals surface area (Å²) >= 11 is 6.12. The van der Waals surface area contributed by atoms with Crippen molar-refractivity contribution in [1.82, 2.24) is 9.88 Å². The fraction of sp³-hybridized carbons (Fsp3) is 0.222. The number of halogens is 1. The highest BCUT2D eigenvalue weighted by molar-refractivity contribution is 6.31. The number of fused-ring (bicyclic) bond motifs is 1. The van der Waals surface area contributed by atoms with Crippen LogP contribution in [0.1, 0.15) is 12.7 Å². The van der Waals surface area contributed by atoms with Crippen molar-refractivity contribution in [3.8, 4) is 11.3 Å². The Labute approximate surface area is 145 Å². The highest BCUT2D eigenvalue weighted by Crippen LogP contribution is 2.27. The summed E-state index contributed by atoms with van der Waals surface area (Å²) in [7, 11) is 1.74. The van der Waals surface area contributed by atoms with Gasteiger partial charge in [-0.3, -0.25) is 4.90 Å². The minimum Gasteiger partial charge on any atom is -0.710 e. The molecule has 1 N–H and O–H groups in total. The van der Waals surface area contributed by atoms with Gasteiger partial charge in [-0.25, -0.2) is 4.73 Å². The molecular formula is C18H18ClN3O2. The van der Waals surface area contributed by atoms with Crippen LogP contribution in [0, 0.1) is 5.21 Å². The summed E-state index contributed by atoms with van der Waals surface area (Å²) < 4.78 is 0.826. The van der Waals surface area contributed by atoms with Crippen LogP contribution >= 0.6 is 11.6 Å². The largest absolute Gasteiger partial charge is 0.710 e. The second-order valence-corrected chi connectivity index (χ2v) is 6.18. The maximum atomic E-state index is 13.0. The van der Waals surface area contributed by atoms with Crippen molar-refractivity contribution in [3.63, 3.8) is 0 Å². The molecule has 1 aromatic heterocycles. The first-order valence-corrected chi connectivity index (χ1v) is 8.00. The molecule has 24 heavy (non-hydrogen) atoms. The fourth-order valence-corrected chi connectivity index (χ4v) is 2.71. The average molecular weight is 344 g/mol. The Balaban J connectivity index is 2.25. The molecule has 124 valence electrons. The first-order chi connectivity index (χ1) is 11.5. The van der Waals surface area contributed by atoms with Gasteiger partial charge in [-0.05, 0) is 37.2 Å². The zero-order valence-corrected chi connectivity index (χ0v) is 14.2. The second-order valence-electron chi connectivity index (χ2n) is 5.75. The quantitative estimate of drug-likeness (QED) is 0.449. The van der Waals surface area contributed by atoms with Gasteiger partial charge in [0, 0.05) is 10.6 Å². The van der Waals surface area contributed by atoms with Gasteiger partial charge in [0.25, 0.3) is 0 Å². The van der Waals surface area contributed by atoms with E-state index in [1.54, 1.807) is 37.1 Å². The van der Waals surface area contributed by atoms with Crippen LogP contribution in [0.3, 0.4) is 0 Å². The predicted octanol–water partition coefficient (Wildman–Crippen LogP) is 2.96. The smallest absolute Gasteiger partial charge is 0.316 e. The summed E-state index contributed by atoms with van der Waals surface area (Å²) in [6, 6.07) is 14.7. The molecule has 5 nitrogen and oxygen atoms in total. The monoisotopic (exact) mass is 343 g/mol. The Kier molecular flexibility index (Phi) is 4.66. The van der Waals surface area contributed by atoms with E-state index in [-0.39, 0.29) is 6.54 Å². The molecule has 1 atom stereocenters. The summed E-state index contributed by atoms with van der Waals surface area (Å²) in [6.45, 7) is 1.88. The molecule has 0 aliphatic heterocycles. The molecule has 6 heteroatoms. The van der Waals surface area contributed by atoms with E-state index in [4.69, 9.17) is 11.6 Å². The molecule has 0 bridgehead atoms. The zero-order chi connectivity index (χ0) is 17.3. The zero-order valence-electron chi connectivity index (χ0n) is 13.5. The number of hydrogen-bond acceptors (Lipinski definition) is 4. The summed E-state index contributed by atoms with van der Waals surface area (Å²) in [5.41, 5.74) is 2.00. The van der Waals surface area contributed by atoms with Crippen LogP contribution in [0.25, 0.3) is 22.2 Å². The first-order valence-electron chi connectivity index (χ1n) is 7.63. The maximum absolute atomic E-state index is 13.0. The Morgan fingerprint density at radius 1 is 1.25 bits per heavy atom. The SMILES string of the molecule is CC(O)N(C)Cc1nc2ccc(Cl)cc2c(-c2ccccc2)[n+]1[O-]. The molecule has 0 spiro atoms. The highest BCUT2D eigenvalue weighted by atomic mass is 35.5. The topological polar surface area (TPSA) is 63.3 Å². The first kappa shape index (κ1) is 16.6. The van der Waals surface area contributed by atoms with Gasteiger partial charge < -0.3 is 10.3 Å². The molecule has 0 aliphatic rings. The van der Waals surface area contributed by atoms with Crippen LogP contribution in [0.2, 0.25) is 5.02 Å². The third-order valence-electron chi connectivity index (χ3n) is 3.98. The van der Waals surface area contributed by atoms with Crippen LogP contribution in [-0.4, -0.2) is 28.3 Å². The number of aromatic nitrogens is 2. The number of hydrogen-bond donors (Lipinski definition) is 1. The molecular weight excluding hydrogens is 326 g/mol. The molecule has 0 fully saturated rings. The molecule has 0 aliphatic carbocycles. The van der Waals surface area contributed by atoms with Crippen molar-refractivity contribution >= 4 is 22.5 Å². The average Bonchev–Trinajstić information content (AvgIpc) is 2.56. The number of benzene rings is 2. The van der Waals surface area contributed by atoms with E-state index >= 15 is 0 Å². The lowest BCUT2D eigenvalue weighted by molar-refractivity contribution is -0.606. The van der Waals surface area contributed by atoms with Crippen molar-refractivity contribution < 1.29 is 9.84 Å². The Morgan fingerprint density at radius 2 is 1.96 bits per heavy atom. The van der Waals surface area contributed by atoms with E-state index in [2.05, 4.69) is 4.98 Å². The minimum absolute atomic E-state index is 0.236. The predicted molar refractivity (Wildman–Crippen MR) is 94.3 cm³/mol. The van der Waals surface area contributed by atoms with Gasteiger partial charge >= 0.3 is 5.82 Å². The molecule has 0 saturated heterocycles. The molecule has 3 rings (SSSR count). The van der Waals surface area contributed by atoms with Gasteiger partial charge in [0.05, 0.1) is 5.39 Å². The van der Waals surface area contributed by atoms with Gasteiger partial charge in [0.1, 0.15) is 18.5 Å². The lowest BCUT2D eigenvalue weighted by Crippen LogP contribution is -2.40. The summed E-state index contributed by atoms with van der Waals surface area (Å²) in [5.74, 6) is 0.326. The Bertz CT molecular complexity index is 869. The van der Waals surface area contributed by atoms with Crippen LogP contribution < -0.4 is 4.73 Å². The summed E-state index contributed by atoms with van der Waals surface area (Å²) in [6.07, 6.45) is -0.673. The Hall–Kier alpha value is -2.21. The van der Waals surface area contributed by atoms with E-state index in [9.17, 15) is 10.3 Å². The van der Waals surface area contributed by atoms with Crippen LogP contribution in [0.5, 0.6) is 0 Å². The van der Waals surface area contributed by atoms with Crippen LogP contribution in [-0.2, 0) is 6.54 Å². The number of aliphatic hydroxyl groups excluding tert-OH is 1. The Morgan fingerprint density at radius 3 is 2.62 bits per heavy atom. The lowest BCUT2D eigenvalue weighted by Gasteiger charge is -2.20. The molecule has 3 aromatic rings. The molecule has 1 heterocycles. The van der Waals surface area contributed by atoms with E-state index in [1.165, 1.54) is 0 Å². The number of rotatable bonds is 4. The lowest BCUT2D eigenvalue weighted by atomic mass is 10.1. The molecule has 0 amide bonds.